The molecule has 6 nitrogen and oxygen atoms in total. The summed E-state index contributed by atoms with van der Waals surface area (Å²) in [6, 6.07) is 8.59. The van der Waals surface area contributed by atoms with Gasteiger partial charge in [-0.25, -0.2) is 4.39 Å². The lowest BCUT2D eigenvalue weighted by Crippen LogP contribution is -2.31. The molecule has 0 saturated carbocycles. The molecule has 8 heteroatoms. The van der Waals surface area contributed by atoms with Gasteiger partial charge in [-0.1, -0.05) is 11.6 Å². The van der Waals surface area contributed by atoms with Gasteiger partial charge < -0.3 is 19.7 Å². The standard InChI is InChI=1S/C22H24ClFN4O2/c1-28-8-4-5-13(12-28)15-10-19-16(11-20(15)29-2)21(27-22(26-19)30-3)25-18-7-6-14(23)9-17(18)24/h6-7,9-11,13H,4-5,8,12H2,1-3H3,(H,25,26,27). The summed E-state index contributed by atoms with van der Waals surface area (Å²) in [5.41, 5.74) is 2.09. The van der Waals surface area contributed by atoms with Crippen LogP contribution in [0.25, 0.3) is 10.9 Å². The number of nitrogens with zero attached hydrogens (tertiary/aromatic N) is 3. The van der Waals surface area contributed by atoms with Crippen LogP contribution < -0.4 is 14.8 Å². The molecule has 1 aliphatic rings. The van der Waals surface area contributed by atoms with Crippen LogP contribution in [0.4, 0.5) is 15.9 Å². The third kappa shape index (κ3) is 4.13. The van der Waals surface area contributed by atoms with E-state index in [1.54, 1.807) is 19.2 Å². The van der Waals surface area contributed by atoms with Crippen LogP contribution in [-0.4, -0.2) is 49.2 Å². The highest BCUT2D eigenvalue weighted by Crippen LogP contribution is 2.38. The van der Waals surface area contributed by atoms with Crippen LogP contribution in [0.15, 0.2) is 30.3 Å². The summed E-state index contributed by atoms with van der Waals surface area (Å²) in [7, 11) is 5.30. The van der Waals surface area contributed by atoms with Crippen LogP contribution in [0, 0.1) is 5.82 Å². The minimum atomic E-state index is -0.470. The molecule has 30 heavy (non-hydrogen) atoms. The van der Waals surface area contributed by atoms with Crippen LogP contribution >= 0.6 is 11.6 Å². The Hall–Kier alpha value is -2.64. The summed E-state index contributed by atoms with van der Waals surface area (Å²) in [6.45, 7) is 2.06. The lowest BCUT2D eigenvalue weighted by Gasteiger charge is -2.31. The highest BCUT2D eigenvalue weighted by molar-refractivity contribution is 6.30. The van der Waals surface area contributed by atoms with Gasteiger partial charge in [-0.3, -0.25) is 0 Å². The average molecular weight is 431 g/mol. The van der Waals surface area contributed by atoms with Crippen molar-refractivity contribution in [3.8, 4) is 11.8 Å². The van der Waals surface area contributed by atoms with Crippen LogP contribution in [0.1, 0.15) is 24.3 Å². The molecule has 0 bridgehead atoms. The molecule has 2 heterocycles. The molecule has 158 valence electrons. The Kier molecular flexibility index (Phi) is 5.92. The van der Waals surface area contributed by atoms with E-state index in [1.165, 1.54) is 13.2 Å². The van der Waals surface area contributed by atoms with Crippen LogP contribution in [-0.2, 0) is 0 Å². The van der Waals surface area contributed by atoms with Gasteiger partial charge in [0.05, 0.1) is 25.4 Å². The van der Waals surface area contributed by atoms with E-state index in [0.29, 0.717) is 22.3 Å². The minimum Gasteiger partial charge on any atom is -0.496 e. The number of anilines is 2. The van der Waals surface area contributed by atoms with E-state index in [2.05, 4.69) is 27.2 Å². The number of fused-ring (bicyclic) bond motifs is 1. The molecule has 1 saturated heterocycles. The molecule has 2 aromatic carbocycles. The molecule has 1 N–H and O–H groups in total. The molecule has 1 fully saturated rings. The maximum absolute atomic E-state index is 14.4. The fraction of sp³-hybridized carbons (Fsp3) is 0.364. The Morgan fingerprint density at radius 3 is 2.70 bits per heavy atom. The van der Waals surface area contributed by atoms with E-state index in [0.717, 1.165) is 42.6 Å². The van der Waals surface area contributed by atoms with Crippen molar-refractivity contribution in [3.63, 3.8) is 0 Å². The summed E-state index contributed by atoms with van der Waals surface area (Å²) >= 11 is 5.87. The van der Waals surface area contributed by atoms with Crippen molar-refractivity contribution in [2.75, 3.05) is 39.7 Å². The predicted octanol–water partition coefficient (Wildman–Crippen LogP) is 4.99. The Labute approximate surface area is 180 Å². The Morgan fingerprint density at radius 2 is 2.00 bits per heavy atom. The van der Waals surface area contributed by atoms with E-state index in [4.69, 9.17) is 21.1 Å². The van der Waals surface area contributed by atoms with Crippen molar-refractivity contribution >= 4 is 34.0 Å². The second kappa shape index (κ2) is 8.62. The lowest BCUT2D eigenvalue weighted by molar-refractivity contribution is 0.247. The molecule has 0 spiro atoms. The van der Waals surface area contributed by atoms with E-state index < -0.39 is 5.82 Å². The first-order valence-corrected chi connectivity index (χ1v) is 10.2. The maximum atomic E-state index is 14.4. The van der Waals surface area contributed by atoms with E-state index in [-0.39, 0.29) is 11.7 Å². The van der Waals surface area contributed by atoms with Gasteiger partial charge in [0, 0.05) is 28.4 Å². The number of hydrogen-bond donors (Lipinski definition) is 1. The molecule has 0 amide bonds. The van der Waals surface area contributed by atoms with Crippen molar-refractivity contribution < 1.29 is 13.9 Å². The van der Waals surface area contributed by atoms with Gasteiger partial charge in [-0.05, 0) is 56.8 Å². The molecule has 0 aliphatic carbocycles. The Morgan fingerprint density at radius 1 is 1.17 bits per heavy atom. The topological polar surface area (TPSA) is 59.5 Å². The molecule has 1 aliphatic heterocycles. The Balaban J connectivity index is 1.82. The van der Waals surface area contributed by atoms with Gasteiger partial charge >= 0.3 is 6.01 Å². The molecule has 0 radical (unpaired) electrons. The number of rotatable bonds is 5. The van der Waals surface area contributed by atoms with Crippen molar-refractivity contribution in [1.29, 1.82) is 0 Å². The summed E-state index contributed by atoms with van der Waals surface area (Å²) in [4.78, 5) is 11.3. The second-order valence-corrected chi connectivity index (χ2v) is 7.96. The number of likely N-dealkylation sites (tertiary alicyclic amines) is 1. The monoisotopic (exact) mass is 430 g/mol. The third-order valence-electron chi connectivity index (χ3n) is 5.46. The minimum absolute atomic E-state index is 0.205. The van der Waals surface area contributed by atoms with Gasteiger partial charge in [-0.15, -0.1) is 0 Å². The van der Waals surface area contributed by atoms with Crippen molar-refractivity contribution in [2.45, 2.75) is 18.8 Å². The molecular weight excluding hydrogens is 407 g/mol. The molecule has 1 aromatic heterocycles. The summed E-state index contributed by atoms with van der Waals surface area (Å²) in [6.07, 6.45) is 2.23. The average Bonchev–Trinajstić information content (AvgIpc) is 2.74. The normalized spacial score (nSPS) is 17.2. The third-order valence-corrected chi connectivity index (χ3v) is 5.69. The number of benzene rings is 2. The van der Waals surface area contributed by atoms with Crippen LogP contribution in [0.3, 0.4) is 0 Å². The van der Waals surface area contributed by atoms with Gasteiger partial charge in [0.2, 0.25) is 0 Å². The predicted molar refractivity (Wildman–Crippen MR) is 117 cm³/mol. The summed E-state index contributed by atoms with van der Waals surface area (Å²) in [5, 5.41) is 4.09. The van der Waals surface area contributed by atoms with Crippen LogP contribution in [0.2, 0.25) is 5.02 Å². The SMILES string of the molecule is COc1nc(Nc2ccc(Cl)cc2F)c2cc(OC)c(C3CCCN(C)C3)cc2n1. The van der Waals surface area contributed by atoms with Crippen molar-refractivity contribution in [3.05, 3.63) is 46.7 Å². The first-order valence-electron chi connectivity index (χ1n) is 9.82. The van der Waals surface area contributed by atoms with E-state index in [1.807, 2.05) is 12.1 Å². The maximum Gasteiger partial charge on any atom is 0.318 e. The number of halogens is 2. The summed E-state index contributed by atoms with van der Waals surface area (Å²) in [5.74, 6) is 1.09. The quantitative estimate of drug-likeness (QED) is 0.615. The first kappa shape index (κ1) is 20.6. The number of piperidine rings is 1. The number of hydrogen-bond acceptors (Lipinski definition) is 6. The number of methoxy groups -OCH3 is 2. The fourth-order valence-corrected chi connectivity index (χ4v) is 4.13. The van der Waals surface area contributed by atoms with Gasteiger partial charge in [0.1, 0.15) is 17.4 Å². The van der Waals surface area contributed by atoms with E-state index in [9.17, 15) is 4.39 Å². The zero-order valence-electron chi connectivity index (χ0n) is 17.2. The highest BCUT2D eigenvalue weighted by atomic mass is 35.5. The van der Waals surface area contributed by atoms with Crippen molar-refractivity contribution in [1.82, 2.24) is 14.9 Å². The van der Waals surface area contributed by atoms with E-state index >= 15 is 0 Å². The second-order valence-electron chi connectivity index (χ2n) is 7.52. The summed E-state index contributed by atoms with van der Waals surface area (Å²) < 4.78 is 25.4. The highest BCUT2D eigenvalue weighted by Gasteiger charge is 2.24. The molecule has 1 atom stereocenters. The first-order chi connectivity index (χ1) is 14.5. The fourth-order valence-electron chi connectivity index (χ4n) is 3.97. The number of aromatic nitrogens is 2. The molecular formula is C22H24ClFN4O2. The van der Waals surface area contributed by atoms with Gasteiger partial charge in [0.25, 0.3) is 0 Å². The number of ether oxygens (including phenoxy) is 2. The lowest BCUT2D eigenvalue weighted by atomic mass is 9.89. The van der Waals surface area contributed by atoms with Gasteiger partial charge in [-0.2, -0.15) is 9.97 Å². The zero-order chi connectivity index (χ0) is 21.3. The molecule has 4 rings (SSSR count). The number of likely N-dealkylation sites (N-methyl/N-ethyl adjacent to an activating group) is 1. The van der Waals surface area contributed by atoms with Crippen LogP contribution in [0.5, 0.6) is 11.8 Å². The van der Waals surface area contributed by atoms with Gasteiger partial charge in [0.15, 0.2) is 0 Å². The van der Waals surface area contributed by atoms with Crippen molar-refractivity contribution in [2.24, 2.45) is 0 Å². The largest absolute Gasteiger partial charge is 0.496 e. The Bertz CT molecular complexity index is 1080. The smallest absolute Gasteiger partial charge is 0.318 e. The molecule has 1 unspecified atom stereocenters. The molecule has 3 aromatic rings. The number of nitrogens with one attached hydrogen (secondary N) is 1. The zero-order valence-corrected chi connectivity index (χ0v) is 18.0.